The van der Waals surface area contributed by atoms with E-state index in [2.05, 4.69) is 10.0 Å². The predicted molar refractivity (Wildman–Crippen MR) is 99.7 cm³/mol. The van der Waals surface area contributed by atoms with Gasteiger partial charge in [0.1, 0.15) is 5.75 Å². The van der Waals surface area contributed by atoms with Crippen molar-refractivity contribution < 1.29 is 17.9 Å². The van der Waals surface area contributed by atoms with Crippen LogP contribution in [0.3, 0.4) is 0 Å². The van der Waals surface area contributed by atoms with Crippen LogP contribution in [0.15, 0.2) is 47.4 Å². The molecule has 0 saturated carbocycles. The third-order valence-electron chi connectivity index (χ3n) is 4.51. The number of hydrogen-bond donors (Lipinski definition) is 2. The third-order valence-corrected chi connectivity index (χ3v) is 5.98. The van der Waals surface area contributed by atoms with E-state index in [1.807, 2.05) is 31.2 Å². The quantitative estimate of drug-likeness (QED) is 0.814. The topological polar surface area (TPSA) is 84.5 Å². The molecule has 3 rings (SSSR count). The molecule has 0 unspecified atom stereocenters. The first kappa shape index (κ1) is 18.4. The molecule has 2 N–H and O–H groups in total. The van der Waals surface area contributed by atoms with E-state index in [-0.39, 0.29) is 16.8 Å². The molecule has 138 valence electrons. The van der Waals surface area contributed by atoms with Crippen LogP contribution in [0.5, 0.6) is 5.75 Å². The fraction of sp³-hybridized carbons (Fsp3) is 0.316. The van der Waals surface area contributed by atoms with E-state index in [0.29, 0.717) is 24.9 Å². The Morgan fingerprint density at radius 1 is 1.15 bits per heavy atom. The Morgan fingerprint density at radius 2 is 1.88 bits per heavy atom. The van der Waals surface area contributed by atoms with Gasteiger partial charge >= 0.3 is 0 Å². The average Bonchev–Trinajstić information content (AvgIpc) is 2.65. The van der Waals surface area contributed by atoms with E-state index in [4.69, 9.17) is 4.74 Å². The fourth-order valence-electron chi connectivity index (χ4n) is 3.01. The van der Waals surface area contributed by atoms with E-state index in [1.165, 1.54) is 6.07 Å². The second-order valence-corrected chi connectivity index (χ2v) is 7.94. The molecule has 0 aliphatic carbocycles. The molecular weight excluding hydrogens is 352 g/mol. The summed E-state index contributed by atoms with van der Waals surface area (Å²) in [5.41, 5.74) is 2.40. The number of aryl methyl sites for hydroxylation is 1. The number of nitrogens with one attached hydrogen (secondary N) is 2. The number of benzene rings is 2. The summed E-state index contributed by atoms with van der Waals surface area (Å²) in [6, 6.07) is 11.8. The summed E-state index contributed by atoms with van der Waals surface area (Å²) >= 11 is 0. The summed E-state index contributed by atoms with van der Waals surface area (Å²) < 4.78 is 33.6. The van der Waals surface area contributed by atoms with Crippen molar-refractivity contribution in [2.45, 2.75) is 37.1 Å². The standard InChI is InChI=1S/C19H22N2O4S/c1-3-17(13-4-7-15(25-2)8-5-13)21-26(23,24)16-9-10-18-14(12-16)6-11-19(22)20-18/h4-5,7-10,12,17,21H,3,6,11H2,1-2H3,(H,20,22)/t17-/m1/s1. The van der Waals surface area contributed by atoms with Gasteiger partial charge in [0.2, 0.25) is 15.9 Å². The number of sulfonamides is 1. The molecule has 7 heteroatoms. The summed E-state index contributed by atoms with van der Waals surface area (Å²) in [4.78, 5) is 11.7. The van der Waals surface area contributed by atoms with Crippen molar-refractivity contribution in [3.05, 3.63) is 53.6 Å². The molecule has 1 aliphatic heterocycles. The summed E-state index contributed by atoms with van der Waals surface area (Å²) in [5, 5.41) is 2.76. The van der Waals surface area contributed by atoms with Crippen LogP contribution in [0.1, 0.15) is 36.9 Å². The van der Waals surface area contributed by atoms with E-state index < -0.39 is 10.0 Å². The van der Waals surface area contributed by atoms with Crippen molar-refractivity contribution in [2.24, 2.45) is 0 Å². The lowest BCUT2D eigenvalue weighted by atomic mass is 10.0. The average molecular weight is 374 g/mol. The molecule has 0 spiro atoms. The maximum atomic E-state index is 12.8. The first-order valence-corrected chi connectivity index (χ1v) is 10.0. The molecule has 1 aliphatic rings. The number of anilines is 1. The van der Waals surface area contributed by atoms with E-state index in [0.717, 1.165) is 16.9 Å². The Hall–Kier alpha value is -2.38. The van der Waals surface area contributed by atoms with Crippen LogP contribution in [0.4, 0.5) is 5.69 Å². The van der Waals surface area contributed by atoms with Crippen molar-refractivity contribution in [3.8, 4) is 5.75 Å². The number of methoxy groups -OCH3 is 1. The molecule has 26 heavy (non-hydrogen) atoms. The molecular formula is C19H22N2O4S. The molecule has 0 aromatic heterocycles. The first-order chi connectivity index (χ1) is 12.4. The third kappa shape index (κ3) is 3.89. The van der Waals surface area contributed by atoms with Crippen molar-refractivity contribution in [1.29, 1.82) is 0 Å². The highest BCUT2D eigenvalue weighted by molar-refractivity contribution is 7.89. The maximum absolute atomic E-state index is 12.8. The van der Waals surface area contributed by atoms with Crippen LogP contribution >= 0.6 is 0 Å². The highest BCUT2D eigenvalue weighted by Crippen LogP contribution is 2.27. The summed E-state index contributed by atoms with van der Waals surface area (Å²) in [7, 11) is -2.09. The Bertz CT molecular complexity index is 908. The predicted octanol–water partition coefficient (Wildman–Crippen LogP) is 3.01. The number of rotatable bonds is 6. The van der Waals surface area contributed by atoms with Gasteiger partial charge in [0.25, 0.3) is 0 Å². The van der Waals surface area contributed by atoms with E-state index in [1.54, 1.807) is 19.2 Å². The molecule has 0 radical (unpaired) electrons. The molecule has 6 nitrogen and oxygen atoms in total. The van der Waals surface area contributed by atoms with Gasteiger partial charge in [0, 0.05) is 18.2 Å². The molecule has 2 aromatic carbocycles. The lowest BCUT2D eigenvalue weighted by Gasteiger charge is -2.20. The van der Waals surface area contributed by atoms with Crippen LogP contribution < -0.4 is 14.8 Å². The molecule has 0 bridgehead atoms. The van der Waals surface area contributed by atoms with Gasteiger partial charge in [0.05, 0.1) is 12.0 Å². The maximum Gasteiger partial charge on any atom is 0.241 e. The minimum atomic E-state index is -3.68. The number of ether oxygens (including phenoxy) is 1. The molecule has 1 atom stereocenters. The molecule has 2 aromatic rings. The summed E-state index contributed by atoms with van der Waals surface area (Å²) in [6.07, 6.45) is 1.53. The van der Waals surface area contributed by atoms with Gasteiger partial charge in [-0.15, -0.1) is 0 Å². The largest absolute Gasteiger partial charge is 0.497 e. The molecule has 1 amide bonds. The zero-order valence-corrected chi connectivity index (χ0v) is 15.6. The normalized spacial score (nSPS) is 15.1. The fourth-order valence-corrected chi connectivity index (χ4v) is 4.36. The van der Waals surface area contributed by atoms with Gasteiger partial charge in [-0.1, -0.05) is 19.1 Å². The van der Waals surface area contributed by atoms with Crippen molar-refractivity contribution in [2.75, 3.05) is 12.4 Å². The summed E-state index contributed by atoms with van der Waals surface area (Å²) in [5.74, 6) is 0.681. The molecule has 1 heterocycles. The van der Waals surface area contributed by atoms with E-state index in [9.17, 15) is 13.2 Å². The zero-order chi connectivity index (χ0) is 18.7. The second-order valence-electron chi connectivity index (χ2n) is 6.22. The van der Waals surface area contributed by atoms with Gasteiger partial charge in [-0.05, 0) is 54.3 Å². The Kier molecular flexibility index (Phi) is 5.29. The second kappa shape index (κ2) is 7.47. The van der Waals surface area contributed by atoms with Crippen molar-refractivity contribution in [3.63, 3.8) is 0 Å². The minimum Gasteiger partial charge on any atom is -0.497 e. The van der Waals surface area contributed by atoms with Gasteiger partial charge in [-0.2, -0.15) is 0 Å². The van der Waals surface area contributed by atoms with Crippen LogP contribution in [0, 0.1) is 0 Å². The Labute approximate surface area is 153 Å². The van der Waals surface area contributed by atoms with Crippen molar-refractivity contribution >= 4 is 21.6 Å². The van der Waals surface area contributed by atoms with E-state index >= 15 is 0 Å². The molecule has 0 saturated heterocycles. The highest BCUT2D eigenvalue weighted by Gasteiger charge is 2.23. The van der Waals surface area contributed by atoms with Gasteiger partial charge in [-0.25, -0.2) is 13.1 Å². The van der Waals surface area contributed by atoms with Gasteiger partial charge in [-0.3, -0.25) is 4.79 Å². The van der Waals surface area contributed by atoms with Crippen LogP contribution in [-0.2, 0) is 21.2 Å². The lowest BCUT2D eigenvalue weighted by Crippen LogP contribution is -2.28. The highest BCUT2D eigenvalue weighted by atomic mass is 32.2. The minimum absolute atomic E-state index is 0.0446. The lowest BCUT2D eigenvalue weighted by molar-refractivity contribution is -0.116. The molecule has 0 fully saturated rings. The smallest absolute Gasteiger partial charge is 0.241 e. The van der Waals surface area contributed by atoms with Crippen molar-refractivity contribution in [1.82, 2.24) is 4.72 Å². The first-order valence-electron chi connectivity index (χ1n) is 8.52. The number of carbonyl (C=O) groups is 1. The number of carbonyl (C=O) groups excluding carboxylic acids is 1. The summed E-state index contributed by atoms with van der Waals surface area (Å²) in [6.45, 7) is 1.93. The zero-order valence-electron chi connectivity index (χ0n) is 14.8. The van der Waals surface area contributed by atoms with Crippen LogP contribution in [0.25, 0.3) is 0 Å². The van der Waals surface area contributed by atoms with Gasteiger partial charge < -0.3 is 10.1 Å². The Balaban J connectivity index is 1.83. The number of amides is 1. The number of hydrogen-bond acceptors (Lipinski definition) is 4. The number of fused-ring (bicyclic) bond motifs is 1. The monoisotopic (exact) mass is 374 g/mol. The van der Waals surface area contributed by atoms with Crippen LogP contribution in [-0.4, -0.2) is 21.4 Å². The Morgan fingerprint density at radius 3 is 2.54 bits per heavy atom. The van der Waals surface area contributed by atoms with Gasteiger partial charge in [0.15, 0.2) is 0 Å². The SMILES string of the molecule is CC[C@@H](NS(=O)(=O)c1ccc2c(c1)CCC(=O)N2)c1ccc(OC)cc1. The van der Waals surface area contributed by atoms with Crippen LogP contribution in [0.2, 0.25) is 0 Å².